The maximum Gasteiger partial charge on any atom is 0.253 e. The number of anilines is 1. The molecule has 38 heavy (non-hydrogen) atoms. The number of likely N-dealkylation sites (N-methyl/N-ethyl adjacent to an activating group) is 1. The van der Waals surface area contributed by atoms with E-state index in [1.807, 2.05) is 19.1 Å². The van der Waals surface area contributed by atoms with E-state index < -0.39 is 29.6 Å². The highest BCUT2D eigenvalue weighted by Gasteiger charge is 2.74. The molecule has 1 aromatic carbocycles. The van der Waals surface area contributed by atoms with Crippen molar-refractivity contribution in [2.24, 2.45) is 11.8 Å². The number of hydrogen-bond acceptors (Lipinski definition) is 5. The van der Waals surface area contributed by atoms with Crippen molar-refractivity contribution < 1.29 is 24.2 Å². The van der Waals surface area contributed by atoms with Gasteiger partial charge in [-0.2, -0.15) is 0 Å². The Morgan fingerprint density at radius 3 is 2.61 bits per heavy atom. The Morgan fingerprint density at radius 1 is 1.21 bits per heavy atom. The van der Waals surface area contributed by atoms with Gasteiger partial charge in [-0.1, -0.05) is 35.9 Å². The summed E-state index contributed by atoms with van der Waals surface area (Å²) in [4.78, 5) is 46.9. The van der Waals surface area contributed by atoms with Gasteiger partial charge in [0.1, 0.15) is 11.6 Å². The molecule has 3 fully saturated rings. The molecule has 9 heteroatoms. The Balaban J connectivity index is 1.76. The number of fused-ring (bicyclic) bond motifs is 1. The summed E-state index contributed by atoms with van der Waals surface area (Å²) in [7, 11) is 1.70. The highest BCUT2D eigenvalue weighted by molar-refractivity contribution is 6.34. The first kappa shape index (κ1) is 28.3. The molecule has 1 spiro atoms. The Labute approximate surface area is 229 Å². The number of aliphatic hydroxyl groups is 1. The number of unbranched alkanes of at least 4 members (excludes halogenated alkanes) is 2. The zero-order chi connectivity index (χ0) is 27.6. The quantitative estimate of drug-likeness (QED) is 0.322. The largest absolute Gasteiger partial charge is 0.396 e. The fourth-order valence-corrected chi connectivity index (χ4v) is 6.92. The molecule has 1 aromatic rings. The van der Waals surface area contributed by atoms with Gasteiger partial charge in [-0.3, -0.25) is 14.4 Å². The van der Waals surface area contributed by atoms with E-state index in [9.17, 15) is 19.5 Å². The maximum atomic E-state index is 14.5. The normalized spacial score (nSPS) is 27.4. The van der Waals surface area contributed by atoms with E-state index in [2.05, 4.69) is 13.2 Å². The number of benzene rings is 1. The highest BCUT2D eigenvalue weighted by Crippen LogP contribution is 2.59. The predicted molar refractivity (Wildman–Crippen MR) is 147 cm³/mol. The van der Waals surface area contributed by atoms with Crippen LogP contribution in [0, 0.1) is 18.8 Å². The fourth-order valence-electron chi connectivity index (χ4n) is 6.60. The van der Waals surface area contributed by atoms with Crippen LogP contribution in [-0.4, -0.2) is 83.7 Å². The summed E-state index contributed by atoms with van der Waals surface area (Å²) in [5.41, 5.74) is 0.327. The van der Waals surface area contributed by atoms with Crippen LogP contribution in [-0.2, 0) is 19.1 Å². The van der Waals surface area contributed by atoms with Crippen LogP contribution in [0.4, 0.5) is 5.69 Å². The van der Waals surface area contributed by atoms with Crippen LogP contribution < -0.4 is 4.90 Å². The molecule has 3 saturated heterocycles. The molecule has 0 radical (unpaired) electrons. The third kappa shape index (κ3) is 4.67. The number of likely N-dealkylation sites (tertiary alicyclic amines) is 1. The number of aliphatic hydroxyl groups excluding tert-OH is 1. The van der Waals surface area contributed by atoms with E-state index in [0.29, 0.717) is 55.9 Å². The van der Waals surface area contributed by atoms with Gasteiger partial charge in [-0.05, 0) is 50.7 Å². The molecule has 206 valence electrons. The van der Waals surface area contributed by atoms with Gasteiger partial charge in [-0.15, -0.1) is 13.2 Å². The van der Waals surface area contributed by atoms with Gasteiger partial charge in [0.25, 0.3) is 5.91 Å². The summed E-state index contributed by atoms with van der Waals surface area (Å²) in [6, 6.07) is 4.57. The number of aryl methyl sites for hydroxylation is 1. The molecule has 0 aromatic heterocycles. The lowest BCUT2D eigenvalue weighted by Crippen LogP contribution is -2.56. The minimum atomic E-state index is -1.08. The lowest BCUT2D eigenvalue weighted by Gasteiger charge is -2.37. The first-order valence-corrected chi connectivity index (χ1v) is 13.7. The second-order valence-corrected chi connectivity index (χ2v) is 10.9. The van der Waals surface area contributed by atoms with Gasteiger partial charge in [0, 0.05) is 33.3 Å². The van der Waals surface area contributed by atoms with Gasteiger partial charge >= 0.3 is 0 Å². The monoisotopic (exact) mass is 543 g/mol. The van der Waals surface area contributed by atoms with Crippen molar-refractivity contribution >= 4 is 35.0 Å². The van der Waals surface area contributed by atoms with Crippen LogP contribution >= 0.6 is 11.6 Å². The van der Waals surface area contributed by atoms with Crippen LogP contribution in [0.25, 0.3) is 0 Å². The van der Waals surface area contributed by atoms with Crippen LogP contribution in [0.3, 0.4) is 0 Å². The van der Waals surface area contributed by atoms with E-state index >= 15 is 0 Å². The standard InChI is InChI=1S/C29H38ClN3O5/c1-5-15-31(4)26(35)22-21-13-14-29(38-21)23(22)27(36)33(17-8-7-9-18-34)25(29)28(37)32(16-6-2)24-19(3)11-10-12-20(24)30/h5-6,10-12,21-23,25,34H,1-2,7-9,13-18H2,3-4H3/t21-,22+,23-,25?,29?/m0/s1. The molecule has 8 nitrogen and oxygen atoms in total. The third-order valence-corrected chi connectivity index (χ3v) is 8.50. The Bertz CT molecular complexity index is 1090. The number of carbonyl (C=O) groups is 3. The molecular formula is C29H38ClN3O5. The van der Waals surface area contributed by atoms with Crippen molar-refractivity contribution in [2.75, 3.05) is 38.2 Å². The second kappa shape index (κ2) is 11.6. The van der Waals surface area contributed by atoms with Gasteiger partial charge < -0.3 is 24.5 Å². The topological polar surface area (TPSA) is 90.4 Å². The number of carbonyl (C=O) groups excluding carboxylic acids is 3. The van der Waals surface area contributed by atoms with E-state index in [1.165, 1.54) is 0 Å². The van der Waals surface area contributed by atoms with E-state index in [0.717, 1.165) is 5.56 Å². The zero-order valence-electron chi connectivity index (χ0n) is 22.3. The smallest absolute Gasteiger partial charge is 0.253 e. The Hall–Kier alpha value is -2.68. The molecular weight excluding hydrogens is 506 g/mol. The molecule has 3 aliphatic heterocycles. The van der Waals surface area contributed by atoms with Crippen LogP contribution in [0.2, 0.25) is 5.02 Å². The third-order valence-electron chi connectivity index (χ3n) is 8.19. The minimum Gasteiger partial charge on any atom is -0.396 e. The lowest BCUT2D eigenvalue weighted by molar-refractivity contribution is -0.144. The molecule has 0 saturated carbocycles. The lowest BCUT2D eigenvalue weighted by atomic mass is 9.70. The molecule has 1 N–H and O–H groups in total. The molecule has 5 atom stereocenters. The van der Waals surface area contributed by atoms with Gasteiger partial charge in [-0.25, -0.2) is 0 Å². The average molecular weight is 544 g/mol. The van der Waals surface area contributed by atoms with E-state index in [-0.39, 0.29) is 30.9 Å². The maximum absolute atomic E-state index is 14.5. The molecule has 3 heterocycles. The highest BCUT2D eigenvalue weighted by atomic mass is 35.5. The molecule has 4 rings (SSSR count). The summed E-state index contributed by atoms with van der Waals surface area (Å²) in [5, 5.41) is 9.67. The number of para-hydroxylation sites is 1. The first-order valence-electron chi connectivity index (χ1n) is 13.4. The van der Waals surface area contributed by atoms with Crippen molar-refractivity contribution in [3.63, 3.8) is 0 Å². The number of rotatable bonds is 12. The van der Waals surface area contributed by atoms with E-state index in [1.54, 1.807) is 40.0 Å². The molecule has 2 unspecified atom stereocenters. The fraction of sp³-hybridized carbons (Fsp3) is 0.552. The molecule has 3 amide bonds. The summed E-state index contributed by atoms with van der Waals surface area (Å²) < 4.78 is 6.55. The van der Waals surface area contributed by atoms with Gasteiger partial charge in [0.05, 0.1) is 28.6 Å². The van der Waals surface area contributed by atoms with Crippen molar-refractivity contribution in [1.82, 2.24) is 9.80 Å². The van der Waals surface area contributed by atoms with Crippen molar-refractivity contribution in [1.29, 1.82) is 0 Å². The van der Waals surface area contributed by atoms with Crippen molar-refractivity contribution in [2.45, 2.75) is 56.8 Å². The molecule has 2 bridgehead atoms. The number of hydrogen-bond donors (Lipinski definition) is 1. The minimum absolute atomic E-state index is 0.0682. The first-order chi connectivity index (χ1) is 18.2. The number of amides is 3. The predicted octanol–water partition coefficient (Wildman–Crippen LogP) is 3.35. The van der Waals surface area contributed by atoms with Crippen LogP contribution in [0.1, 0.15) is 37.7 Å². The SMILES string of the molecule is C=CCN(C)C(=O)[C@@H]1[C@@H]2CCC3(O2)C(C(=O)N(CC=C)c2c(C)cccc2Cl)N(CCCCCO)C(=O)[C@H]13. The number of halogens is 1. The van der Waals surface area contributed by atoms with E-state index in [4.69, 9.17) is 16.3 Å². The summed E-state index contributed by atoms with van der Waals surface area (Å²) >= 11 is 6.59. The number of ether oxygens (including phenoxy) is 1. The molecule has 0 aliphatic carbocycles. The summed E-state index contributed by atoms with van der Waals surface area (Å²) in [6.07, 6.45) is 5.97. The van der Waals surface area contributed by atoms with Crippen molar-refractivity contribution in [3.8, 4) is 0 Å². The second-order valence-electron chi connectivity index (χ2n) is 10.5. The van der Waals surface area contributed by atoms with Gasteiger partial charge in [0.15, 0.2) is 0 Å². The molecule has 3 aliphatic rings. The van der Waals surface area contributed by atoms with Crippen LogP contribution in [0.15, 0.2) is 43.5 Å². The van der Waals surface area contributed by atoms with Crippen LogP contribution in [0.5, 0.6) is 0 Å². The summed E-state index contributed by atoms with van der Waals surface area (Å²) in [6.45, 7) is 10.4. The Kier molecular flexibility index (Phi) is 8.65. The Morgan fingerprint density at radius 2 is 1.95 bits per heavy atom. The zero-order valence-corrected chi connectivity index (χ0v) is 23.0. The van der Waals surface area contributed by atoms with Crippen molar-refractivity contribution in [3.05, 3.63) is 54.1 Å². The summed E-state index contributed by atoms with van der Waals surface area (Å²) in [5.74, 6) is -2.03. The number of nitrogens with zero attached hydrogens (tertiary/aromatic N) is 3. The average Bonchev–Trinajstić information content (AvgIpc) is 3.53. The van der Waals surface area contributed by atoms with Gasteiger partial charge in [0.2, 0.25) is 11.8 Å².